The van der Waals surface area contributed by atoms with Gasteiger partial charge in [0.1, 0.15) is 11.2 Å². The lowest BCUT2D eigenvalue weighted by atomic mass is 9.66. The molecule has 0 radical (unpaired) electrons. The fourth-order valence-corrected chi connectivity index (χ4v) is 9.87. The molecular weight excluding hydrogens is 729 g/mol. The summed E-state index contributed by atoms with van der Waals surface area (Å²) in [6.07, 6.45) is 0. The molecule has 0 atom stereocenters. The number of para-hydroxylation sites is 2. The number of rotatable bonds is 6. The van der Waals surface area contributed by atoms with Gasteiger partial charge in [-0.15, -0.1) is 0 Å². The monoisotopic (exact) mass is 764 g/mol. The maximum atomic E-state index is 6.54. The van der Waals surface area contributed by atoms with Gasteiger partial charge in [-0.25, -0.2) is 9.97 Å². The molecule has 2 heterocycles. The first-order chi connectivity index (χ1) is 29.8. The van der Waals surface area contributed by atoms with E-state index in [-0.39, 0.29) is 0 Å². The van der Waals surface area contributed by atoms with Crippen molar-refractivity contribution in [2.24, 2.45) is 0 Å². The molecule has 0 amide bonds. The van der Waals surface area contributed by atoms with E-state index in [0.717, 1.165) is 60.8 Å². The predicted octanol–water partition coefficient (Wildman–Crippen LogP) is 14.6. The van der Waals surface area contributed by atoms with Gasteiger partial charge >= 0.3 is 0 Å². The van der Waals surface area contributed by atoms with Crippen molar-refractivity contribution >= 4 is 32.7 Å². The summed E-state index contributed by atoms with van der Waals surface area (Å²) in [4.78, 5) is 10.5. The first kappa shape index (κ1) is 34.2. The van der Waals surface area contributed by atoms with Crippen molar-refractivity contribution in [1.82, 2.24) is 9.97 Å². The predicted molar refractivity (Wildman–Crippen MR) is 246 cm³/mol. The van der Waals surface area contributed by atoms with Crippen LogP contribution in [0.1, 0.15) is 22.3 Å². The zero-order valence-corrected chi connectivity index (χ0v) is 32.6. The number of hydrogen-bond donors (Lipinski definition) is 0. The van der Waals surface area contributed by atoms with Crippen LogP contribution in [0.25, 0.3) is 88.9 Å². The van der Waals surface area contributed by atoms with Crippen LogP contribution in [-0.4, -0.2) is 9.97 Å². The van der Waals surface area contributed by atoms with E-state index in [1.807, 2.05) is 30.3 Å². The Morgan fingerprint density at radius 3 is 1.58 bits per heavy atom. The van der Waals surface area contributed by atoms with Crippen LogP contribution < -0.4 is 0 Å². The van der Waals surface area contributed by atoms with Crippen LogP contribution in [0.5, 0.6) is 0 Å². The van der Waals surface area contributed by atoms with Crippen molar-refractivity contribution in [3.05, 3.63) is 241 Å². The zero-order chi connectivity index (χ0) is 39.6. The summed E-state index contributed by atoms with van der Waals surface area (Å²) in [6, 6.07) is 78.1. The Balaban J connectivity index is 1.11. The van der Waals surface area contributed by atoms with Crippen LogP contribution in [0.3, 0.4) is 0 Å². The highest BCUT2D eigenvalue weighted by atomic mass is 16.3. The molecule has 1 aliphatic carbocycles. The summed E-state index contributed by atoms with van der Waals surface area (Å²) in [5, 5.41) is 4.44. The molecule has 11 aromatic rings. The molecular formula is C57H36N2O. The first-order valence-corrected chi connectivity index (χ1v) is 20.5. The van der Waals surface area contributed by atoms with E-state index in [1.54, 1.807) is 0 Å². The van der Waals surface area contributed by atoms with Gasteiger partial charge in [0.2, 0.25) is 0 Å². The van der Waals surface area contributed by atoms with Gasteiger partial charge in [-0.3, -0.25) is 0 Å². The number of aromatic nitrogens is 2. The minimum Gasteiger partial charge on any atom is -0.455 e. The Hall–Kier alpha value is -7.88. The molecule has 0 spiro atoms. The Morgan fingerprint density at radius 1 is 0.350 bits per heavy atom. The average molecular weight is 765 g/mol. The molecule has 0 unspecified atom stereocenters. The summed E-state index contributed by atoms with van der Waals surface area (Å²) in [7, 11) is 0. The normalized spacial score (nSPS) is 12.8. The van der Waals surface area contributed by atoms with Gasteiger partial charge < -0.3 is 4.42 Å². The molecule has 12 rings (SSSR count). The molecule has 0 saturated heterocycles. The standard InChI is InChI=1S/C57H36N2O/c1-4-18-37(19-5-1)56-58-51(36-52(59-56)49-31-17-30-48-45-27-13-15-33-53(45)60-55(48)49)44-35-34-42(40-24-10-11-25-41(40)44)46-28-16-29-47-43-26-12-14-32-50(43)57(54(46)47,38-20-6-2-7-21-38)39-22-8-3-9-23-39/h1-36H. The van der Waals surface area contributed by atoms with Crippen molar-refractivity contribution in [1.29, 1.82) is 0 Å². The lowest BCUT2D eigenvalue weighted by Gasteiger charge is -2.35. The Kier molecular flexibility index (Phi) is 7.76. The second-order valence-electron chi connectivity index (χ2n) is 15.6. The van der Waals surface area contributed by atoms with Crippen molar-refractivity contribution in [2.75, 3.05) is 0 Å². The van der Waals surface area contributed by atoms with E-state index < -0.39 is 5.41 Å². The highest BCUT2D eigenvalue weighted by Crippen LogP contribution is 2.59. The molecule has 60 heavy (non-hydrogen) atoms. The summed E-state index contributed by atoms with van der Waals surface area (Å²) >= 11 is 0. The SMILES string of the molecule is c1ccc(-c2nc(-c3ccc(-c4cccc5c4C(c4ccccc4)(c4ccccc4)c4ccccc4-5)c4ccccc34)cc(-c3cccc4c3oc3ccccc34)n2)cc1. The second-order valence-corrected chi connectivity index (χ2v) is 15.6. The number of hydrogen-bond acceptors (Lipinski definition) is 3. The number of fused-ring (bicyclic) bond motifs is 7. The van der Waals surface area contributed by atoms with Gasteiger partial charge in [-0.2, -0.15) is 0 Å². The molecule has 3 heteroatoms. The summed E-state index contributed by atoms with van der Waals surface area (Å²) in [5.41, 5.74) is 15.8. The third kappa shape index (κ3) is 5.09. The summed E-state index contributed by atoms with van der Waals surface area (Å²) < 4.78 is 6.54. The average Bonchev–Trinajstić information content (AvgIpc) is 3.86. The van der Waals surface area contributed by atoms with Crippen LogP contribution in [0.2, 0.25) is 0 Å². The topological polar surface area (TPSA) is 38.9 Å². The van der Waals surface area contributed by atoms with Crippen molar-refractivity contribution in [3.63, 3.8) is 0 Å². The lowest BCUT2D eigenvalue weighted by molar-refractivity contribution is 0.670. The fraction of sp³-hybridized carbons (Fsp3) is 0.0175. The molecule has 0 aliphatic heterocycles. The Labute approximate surface area is 347 Å². The number of benzene rings is 9. The van der Waals surface area contributed by atoms with Gasteiger partial charge in [0.15, 0.2) is 5.82 Å². The number of furan rings is 1. The minimum atomic E-state index is -0.533. The fourth-order valence-electron chi connectivity index (χ4n) is 9.87. The van der Waals surface area contributed by atoms with E-state index in [2.05, 4.69) is 188 Å². The summed E-state index contributed by atoms with van der Waals surface area (Å²) in [5.74, 6) is 0.665. The molecule has 0 saturated carbocycles. The smallest absolute Gasteiger partial charge is 0.160 e. The Morgan fingerprint density at radius 2 is 0.850 bits per heavy atom. The molecule has 0 fully saturated rings. The van der Waals surface area contributed by atoms with Crippen LogP contribution >= 0.6 is 0 Å². The Bertz CT molecular complexity index is 3380. The highest BCUT2D eigenvalue weighted by Gasteiger charge is 2.47. The molecule has 280 valence electrons. The van der Waals surface area contributed by atoms with Crippen LogP contribution in [0.15, 0.2) is 223 Å². The van der Waals surface area contributed by atoms with E-state index >= 15 is 0 Å². The maximum Gasteiger partial charge on any atom is 0.160 e. The van der Waals surface area contributed by atoms with Crippen LogP contribution in [-0.2, 0) is 5.41 Å². The van der Waals surface area contributed by atoms with E-state index in [0.29, 0.717) is 5.82 Å². The molecule has 2 aromatic heterocycles. The van der Waals surface area contributed by atoms with Crippen molar-refractivity contribution in [3.8, 4) is 56.2 Å². The van der Waals surface area contributed by atoms with Gasteiger partial charge in [0, 0.05) is 27.5 Å². The zero-order valence-electron chi connectivity index (χ0n) is 32.6. The van der Waals surface area contributed by atoms with E-state index in [4.69, 9.17) is 14.4 Å². The number of nitrogens with zero attached hydrogens (tertiary/aromatic N) is 2. The van der Waals surface area contributed by atoms with Crippen molar-refractivity contribution in [2.45, 2.75) is 5.41 Å². The van der Waals surface area contributed by atoms with E-state index in [1.165, 1.54) is 44.5 Å². The molecule has 0 bridgehead atoms. The molecule has 9 aromatic carbocycles. The van der Waals surface area contributed by atoms with E-state index in [9.17, 15) is 0 Å². The van der Waals surface area contributed by atoms with Crippen LogP contribution in [0, 0.1) is 0 Å². The van der Waals surface area contributed by atoms with Crippen molar-refractivity contribution < 1.29 is 4.42 Å². The van der Waals surface area contributed by atoms with Gasteiger partial charge in [0.05, 0.1) is 16.8 Å². The largest absolute Gasteiger partial charge is 0.455 e. The van der Waals surface area contributed by atoms with Gasteiger partial charge in [-0.05, 0) is 73.5 Å². The molecule has 3 nitrogen and oxygen atoms in total. The summed E-state index contributed by atoms with van der Waals surface area (Å²) in [6.45, 7) is 0. The van der Waals surface area contributed by atoms with Gasteiger partial charge in [0.25, 0.3) is 0 Å². The first-order valence-electron chi connectivity index (χ1n) is 20.5. The highest BCUT2D eigenvalue weighted by molar-refractivity contribution is 6.10. The van der Waals surface area contributed by atoms with Crippen LogP contribution in [0.4, 0.5) is 0 Å². The second kappa shape index (κ2) is 13.6. The molecule has 0 N–H and O–H groups in total. The third-order valence-corrected chi connectivity index (χ3v) is 12.4. The molecule has 1 aliphatic rings. The lowest BCUT2D eigenvalue weighted by Crippen LogP contribution is -2.29. The maximum absolute atomic E-state index is 6.54. The quantitative estimate of drug-likeness (QED) is 0.169. The minimum absolute atomic E-state index is 0.533. The third-order valence-electron chi connectivity index (χ3n) is 12.4. The van der Waals surface area contributed by atoms with Gasteiger partial charge in [-0.1, -0.05) is 200 Å².